The highest BCUT2D eigenvalue weighted by atomic mass is 16.4. The molecule has 2 N–H and O–H groups in total. The van der Waals surface area contributed by atoms with E-state index in [0.717, 1.165) is 13.0 Å². The van der Waals surface area contributed by atoms with Crippen LogP contribution in [0.25, 0.3) is 0 Å². The van der Waals surface area contributed by atoms with Gasteiger partial charge in [0.1, 0.15) is 6.17 Å². The maximum Gasteiger partial charge on any atom is 0.365 e. The molecule has 0 saturated heterocycles. The van der Waals surface area contributed by atoms with E-state index in [2.05, 4.69) is 33.3 Å². The summed E-state index contributed by atoms with van der Waals surface area (Å²) in [6, 6.07) is 0. The first-order valence-electron chi connectivity index (χ1n) is 10.1. The summed E-state index contributed by atoms with van der Waals surface area (Å²) < 4.78 is 0.521. The molecule has 4 nitrogen and oxygen atoms in total. The van der Waals surface area contributed by atoms with E-state index in [4.69, 9.17) is 0 Å². The Balaban J connectivity index is 5.18. The highest BCUT2D eigenvalue weighted by Crippen LogP contribution is 2.33. The van der Waals surface area contributed by atoms with Gasteiger partial charge in [0.2, 0.25) is 0 Å². The predicted molar refractivity (Wildman–Crippen MR) is 103 cm³/mol. The Morgan fingerprint density at radius 1 is 0.958 bits per heavy atom. The zero-order valence-corrected chi connectivity index (χ0v) is 17.2. The zero-order valence-electron chi connectivity index (χ0n) is 17.2. The van der Waals surface area contributed by atoms with Gasteiger partial charge < -0.3 is 5.11 Å². The first-order valence-corrected chi connectivity index (χ1v) is 10.1. The third-order valence-corrected chi connectivity index (χ3v) is 5.94. The third kappa shape index (κ3) is 6.03. The van der Waals surface area contributed by atoms with Gasteiger partial charge in [-0.3, -0.25) is 9.80 Å². The van der Waals surface area contributed by atoms with Gasteiger partial charge in [-0.1, -0.05) is 59.8 Å². The van der Waals surface area contributed by atoms with Crippen LogP contribution in [0.3, 0.4) is 0 Å². The van der Waals surface area contributed by atoms with Crippen molar-refractivity contribution >= 4 is 5.97 Å². The van der Waals surface area contributed by atoms with E-state index in [1.807, 2.05) is 13.8 Å². The molecule has 0 fully saturated rings. The monoisotopic (exact) mass is 343 g/mol. The Labute approximate surface area is 150 Å². The van der Waals surface area contributed by atoms with Crippen molar-refractivity contribution in [2.75, 3.05) is 20.6 Å². The maximum absolute atomic E-state index is 12.1. The molecular weight excluding hydrogens is 300 g/mol. The molecule has 24 heavy (non-hydrogen) atoms. The van der Waals surface area contributed by atoms with E-state index in [1.165, 1.54) is 44.9 Å². The Bertz CT molecular complexity index is 327. The fourth-order valence-corrected chi connectivity index (χ4v) is 3.97. The van der Waals surface area contributed by atoms with Gasteiger partial charge in [0, 0.05) is 25.8 Å². The van der Waals surface area contributed by atoms with Crippen molar-refractivity contribution in [1.82, 2.24) is 5.32 Å². The number of carboxylic acid groups (broad SMARTS) is 1. The Morgan fingerprint density at radius 3 is 1.96 bits per heavy atom. The summed E-state index contributed by atoms with van der Waals surface area (Å²) in [6.45, 7) is 9.46. The minimum atomic E-state index is -0.715. The summed E-state index contributed by atoms with van der Waals surface area (Å²) >= 11 is 0. The van der Waals surface area contributed by atoms with E-state index in [1.54, 1.807) is 0 Å². The van der Waals surface area contributed by atoms with Gasteiger partial charge in [-0.2, -0.15) is 0 Å². The molecule has 0 amide bonds. The summed E-state index contributed by atoms with van der Waals surface area (Å²) in [5, 5.41) is 13.7. The first kappa shape index (κ1) is 23.4. The van der Waals surface area contributed by atoms with E-state index < -0.39 is 11.5 Å². The minimum Gasteiger partial charge on any atom is -0.477 e. The number of quaternary nitrogens is 1. The molecule has 0 aromatic heterocycles. The molecule has 1 unspecified atom stereocenters. The van der Waals surface area contributed by atoms with Crippen LogP contribution in [0.4, 0.5) is 0 Å². The molecule has 144 valence electrons. The Hall–Kier alpha value is -0.610. The summed E-state index contributed by atoms with van der Waals surface area (Å²) in [7, 11) is 4.22. The predicted octanol–water partition coefficient (Wildman–Crippen LogP) is 4.78. The Morgan fingerprint density at radius 2 is 1.50 bits per heavy atom. The number of aliphatic carboxylic acids is 1. The van der Waals surface area contributed by atoms with Gasteiger partial charge in [0.15, 0.2) is 5.54 Å². The maximum atomic E-state index is 12.1. The molecule has 0 saturated carbocycles. The van der Waals surface area contributed by atoms with Gasteiger partial charge in [-0.25, -0.2) is 4.79 Å². The van der Waals surface area contributed by atoms with Crippen LogP contribution in [0, 0.1) is 0 Å². The summed E-state index contributed by atoms with van der Waals surface area (Å²) in [6.07, 6.45) is 11.1. The van der Waals surface area contributed by atoms with E-state index in [0.29, 0.717) is 17.3 Å². The van der Waals surface area contributed by atoms with Crippen LogP contribution in [0.15, 0.2) is 0 Å². The molecule has 4 heteroatoms. The van der Waals surface area contributed by atoms with Crippen molar-refractivity contribution < 1.29 is 14.4 Å². The van der Waals surface area contributed by atoms with Crippen molar-refractivity contribution in [3.63, 3.8) is 0 Å². The standard InChI is InChI=1S/C20H42N2O2/c1-7-11-13-14-16-18(21-17-15-12-8-2)22(5,6)20(9-3,10-4)19(23)24/h18,21H,7-17H2,1-6H3/p+1. The van der Waals surface area contributed by atoms with Gasteiger partial charge >= 0.3 is 5.97 Å². The lowest BCUT2D eigenvalue weighted by Crippen LogP contribution is -2.70. The van der Waals surface area contributed by atoms with Crippen LogP contribution >= 0.6 is 0 Å². The molecule has 0 aliphatic carbocycles. The average molecular weight is 344 g/mol. The molecule has 0 aliphatic rings. The second-order valence-corrected chi connectivity index (χ2v) is 7.61. The van der Waals surface area contributed by atoms with Crippen molar-refractivity contribution in [2.45, 2.75) is 104 Å². The lowest BCUT2D eigenvalue weighted by Gasteiger charge is -2.50. The lowest BCUT2D eigenvalue weighted by atomic mass is 9.87. The lowest BCUT2D eigenvalue weighted by molar-refractivity contribution is -0.959. The van der Waals surface area contributed by atoms with Crippen LogP contribution in [0.1, 0.15) is 91.9 Å². The smallest absolute Gasteiger partial charge is 0.365 e. The largest absolute Gasteiger partial charge is 0.477 e. The third-order valence-electron chi connectivity index (χ3n) is 5.94. The second kappa shape index (κ2) is 11.9. The van der Waals surface area contributed by atoms with E-state index >= 15 is 0 Å². The zero-order chi connectivity index (χ0) is 18.6. The van der Waals surface area contributed by atoms with Gasteiger partial charge in [-0.05, 0) is 12.8 Å². The average Bonchev–Trinajstić information content (AvgIpc) is 2.54. The van der Waals surface area contributed by atoms with Crippen molar-refractivity contribution in [1.29, 1.82) is 0 Å². The van der Waals surface area contributed by atoms with Crippen LogP contribution in [0.2, 0.25) is 0 Å². The topological polar surface area (TPSA) is 49.3 Å². The van der Waals surface area contributed by atoms with Crippen LogP contribution in [-0.2, 0) is 4.79 Å². The van der Waals surface area contributed by atoms with Crippen LogP contribution < -0.4 is 5.32 Å². The summed E-state index contributed by atoms with van der Waals surface area (Å²) in [5.74, 6) is -0.661. The normalized spacial score (nSPS) is 13.9. The molecule has 0 radical (unpaired) electrons. The minimum absolute atomic E-state index is 0.203. The van der Waals surface area contributed by atoms with Gasteiger partial charge in [-0.15, -0.1) is 0 Å². The molecule has 0 spiro atoms. The molecule has 1 atom stereocenters. The first-order chi connectivity index (χ1) is 11.3. The number of likely N-dealkylation sites (N-methyl/N-ethyl adjacent to an activating group) is 1. The highest BCUT2D eigenvalue weighted by molar-refractivity contribution is 5.77. The second-order valence-electron chi connectivity index (χ2n) is 7.61. The quantitative estimate of drug-likeness (QED) is 0.255. The van der Waals surface area contributed by atoms with E-state index in [9.17, 15) is 9.90 Å². The number of hydrogen-bond donors (Lipinski definition) is 2. The molecular formula is C20H43N2O2+. The number of nitrogens with one attached hydrogen (secondary N) is 1. The van der Waals surface area contributed by atoms with Crippen LogP contribution in [-0.4, -0.2) is 47.9 Å². The molecule has 0 aromatic carbocycles. The number of unbranched alkanes of at least 4 members (excludes halogenated alkanes) is 5. The number of hydrogen-bond acceptors (Lipinski definition) is 2. The van der Waals surface area contributed by atoms with Crippen molar-refractivity contribution in [3.8, 4) is 0 Å². The SMILES string of the molecule is CCCCCCC(NCCCCC)[N+](C)(C)C(CC)(CC)C(=O)O. The molecule has 0 rings (SSSR count). The van der Waals surface area contributed by atoms with Crippen molar-refractivity contribution in [3.05, 3.63) is 0 Å². The van der Waals surface area contributed by atoms with Gasteiger partial charge in [0.25, 0.3) is 0 Å². The van der Waals surface area contributed by atoms with Crippen LogP contribution in [0.5, 0.6) is 0 Å². The summed E-state index contributed by atoms with van der Waals surface area (Å²) in [4.78, 5) is 12.1. The number of rotatable bonds is 15. The number of carbonyl (C=O) groups is 1. The number of nitrogens with zero attached hydrogens (tertiary/aromatic N) is 1. The number of carboxylic acids is 1. The molecule has 0 heterocycles. The summed E-state index contributed by atoms with van der Waals surface area (Å²) in [5.41, 5.74) is -0.715. The fourth-order valence-electron chi connectivity index (χ4n) is 3.97. The van der Waals surface area contributed by atoms with Crippen molar-refractivity contribution in [2.24, 2.45) is 0 Å². The molecule has 0 aliphatic heterocycles. The molecule has 0 bridgehead atoms. The molecule has 0 aromatic rings. The van der Waals surface area contributed by atoms with Gasteiger partial charge in [0.05, 0.1) is 14.1 Å². The Kier molecular flexibility index (Phi) is 11.6. The fraction of sp³-hybridized carbons (Fsp3) is 0.950. The van der Waals surface area contributed by atoms with E-state index in [-0.39, 0.29) is 6.17 Å². The highest BCUT2D eigenvalue weighted by Gasteiger charge is 2.53.